The SMILES string of the molecule is CC1CNCCN(C2CCCCS2(=O)=O)C1=O. The largest absolute Gasteiger partial charge is 0.324 e. The van der Waals surface area contributed by atoms with Gasteiger partial charge in [-0.3, -0.25) is 4.79 Å². The van der Waals surface area contributed by atoms with Crippen LogP contribution in [0.4, 0.5) is 0 Å². The van der Waals surface area contributed by atoms with Crippen molar-refractivity contribution in [3.8, 4) is 0 Å². The van der Waals surface area contributed by atoms with E-state index in [2.05, 4.69) is 5.32 Å². The third kappa shape index (κ3) is 2.63. The number of hydrogen-bond acceptors (Lipinski definition) is 4. The Bertz CT molecular complexity index is 394. The molecule has 2 fully saturated rings. The highest BCUT2D eigenvalue weighted by molar-refractivity contribution is 7.92. The van der Waals surface area contributed by atoms with E-state index in [1.165, 1.54) is 0 Å². The van der Waals surface area contributed by atoms with E-state index >= 15 is 0 Å². The maximum atomic E-state index is 12.2. The zero-order valence-corrected chi connectivity index (χ0v) is 11.0. The Kier molecular flexibility index (Phi) is 3.73. The van der Waals surface area contributed by atoms with Crippen LogP contribution in [-0.2, 0) is 14.6 Å². The first-order valence-corrected chi connectivity index (χ1v) is 7.96. The lowest BCUT2D eigenvalue weighted by molar-refractivity contribution is -0.134. The van der Waals surface area contributed by atoms with Gasteiger partial charge in [-0.15, -0.1) is 0 Å². The van der Waals surface area contributed by atoms with Crippen molar-refractivity contribution >= 4 is 15.7 Å². The number of carbonyl (C=O) groups is 1. The molecule has 0 spiro atoms. The molecule has 0 aliphatic carbocycles. The highest BCUT2D eigenvalue weighted by Gasteiger charge is 2.38. The van der Waals surface area contributed by atoms with Crippen LogP contribution < -0.4 is 5.32 Å². The van der Waals surface area contributed by atoms with Gasteiger partial charge in [-0.2, -0.15) is 0 Å². The Balaban J connectivity index is 2.21. The number of sulfone groups is 1. The molecule has 0 radical (unpaired) electrons. The zero-order valence-electron chi connectivity index (χ0n) is 10.2. The molecule has 6 heteroatoms. The van der Waals surface area contributed by atoms with Gasteiger partial charge in [0.25, 0.3) is 0 Å². The maximum Gasteiger partial charge on any atom is 0.227 e. The Morgan fingerprint density at radius 2 is 2.12 bits per heavy atom. The molecule has 0 aromatic rings. The summed E-state index contributed by atoms with van der Waals surface area (Å²) in [5.74, 6) is 0.0728. The molecule has 98 valence electrons. The normalized spacial score (nSPS) is 34.4. The van der Waals surface area contributed by atoms with Crippen LogP contribution in [0.15, 0.2) is 0 Å². The second-order valence-corrected chi connectivity index (χ2v) is 7.23. The fourth-order valence-electron chi connectivity index (χ4n) is 2.57. The molecule has 2 saturated heterocycles. The van der Waals surface area contributed by atoms with Crippen LogP contribution >= 0.6 is 0 Å². The van der Waals surface area contributed by atoms with Crippen LogP contribution in [0.3, 0.4) is 0 Å². The molecule has 5 nitrogen and oxygen atoms in total. The molecular weight excluding hydrogens is 240 g/mol. The van der Waals surface area contributed by atoms with Crippen LogP contribution in [0.2, 0.25) is 0 Å². The highest BCUT2D eigenvalue weighted by atomic mass is 32.2. The van der Waals surface area contributed by atoms with Gasteiger partial charge in [-0.05, 0) is 19.3 Å². The minimum Gasteiger partial charge on any atom is -0.324 e. The minimum absolute atomic E-state index is 0.0227. The first-order chi connectivity index (χ1) is 8.02. The average molecular weight is 260 g/mol. The van der Waals surface area contributed by atoms with Crippen LogP contribution in [0, 0.1) is 5.92 Å². The lowest BCUT2D eigenvalue weighted by Gasteiger charge is -2.33. The van der Waals surface area contributed by atoms with Gasteiger partial charge in [0.15, 0.2) is 9.84 Å². The summed E-state index contributed by atoms with van der Waals surface area (Å²) in [6.07, 6.45) is 2.23. The first-order valence-electron chi connectivity index (χ1n) is 6.25. The molecule has 17 heavy (non-hydrogen) atoms. The van der Waals surface area contributed by atoms with Crippen LogP contribution in [-0.4, -0.2) is 50.0 Å². The second kappa shape index (κ2) is 4.94. The predicted octanol–water partition coefficient (Wildman–Crippen LogP) is -0.0209. The Morgan fingerprint density at radius 3 is 2.82 bits per heavy atom. The van der Waals surface area contributed by atoms with Crippen molar-refractivity contribution < 1.29 is 13.2 Å². The number of carbonyl (C=O) groups excluding carboxylic acids is 1. The van der Waals surface area contributed by atoms with Crippen molar-refractivity contribution in [2.45, 2.75) is 31.6 Å². The van der Waals surface area contributed by atoms with E-state index in [1.807, 2.05) is 6.92 Å². The maximum absolute atomic E-state index is 12.2. The highest BCUT2D eigenvalue weighted by Crippen LogP contribution is 2.24. The zero-order chi connectivity index (χ0) is 12.5. The topological polar surface area (TPSA) is 66.5 Å². The molecule has 0 saturated carbocycles. The predicted molar refractivity (Wildman–Crippen MR) is 65.2 cm³/mol. The molecular formula is C11H20N2O3S. The average Bonchev–Trinajstić information content (AvgIpc) is 2.43. The molecule has 0 aromatic carbocycles. The molecule has 2 atom stereocenters. The molecule has 2 aliphatic rings. The van der Waals surface area contributed by atoms with Crippen LogP contribution in [0.25, 0.3) is 0 Å². The standard InChI is InChI=1S/C11H20N2O3S/c1-9-8-12-5-6-13(11(9)14)10-4-2-3-7-17(10,15)16/h9-10,12H,2-8H2,1H3. The fourth-order valence-corrected chi connectivity index (χ4v) is 4.57. The second-order valence-electron chi connectivity index (χ2n) is 4.95. The quantitative estimate of drug-likeness (QED) is 0.719. The molecule has 0 aromatic heterocycles. The monoisotopic (exact) mass is 260 g/mol. The van der Waals surface area contributed by atoms with Gasteiger partial charge in [0.05, 0.1) is 5.75 Å². The van der Waals surface area contributed by atoms with Crippen molar-refractivity contribution in [1.29, 1.82) is 0 Å². The Morgan fingerprint density at radius 1 is 1.35 bits per heavy atom. The van der Waals surface area contributed by atoms with Gasteiger partial charge in [-0.25, -0.2) is 8.42 Å². The Hall–Kier alpha value is -0.620. The lowest BCUT2D eigenvalue weighted by atomic mass is 10.1. The molecule has 1 N–H and O–H groups in total. The van der Waals surface area contributed by atoms with Crippen molar-refractivity contribution in [3.63, 3.8) is 0 Å². The van der Waals surface area contributed by atoms with Crippen LogP contribution in [0.5, 0.6) is 0 Å². The lowest BCUT2D eigenvalue weighted by Crippen LogP contribution is -2.49. The number of nitrogens with one attached hydrogen (secondary N) is 1. The van der Waals surface area contributed by atoms with E-state index in [9.17, 15) is 13.2 Å². The Labute approximate surface area is 102 Å². The summed E-state index contributed by atoms with van der Waals surface area (Å²) in [5.41, 5.74) is 0. The van der Waals surface area contributed by atoms with Gasteiger partial charge in [0, 0.05) is 25.6 Å². The molecule has 2 aliphatic heterocycles. The number of rotatable bonds is 1. The third-order valence-corrected chi connectivity index (χ3v) is 5.75. The molecule has 2 unspecified atom stereocenters. The summed E-state index contributed by atoms with van der Waals surface area (Å²) < 4.78 is 24.1. The van der Waals surface area contributed by atoms with Gasteiger partial charge in [0.2, 0.25) is 5.91 Å². The summed E-state index contributed by atoms with van der Waals surface area (Å²) in [5, 5.41) is 2.59. The summed E-state index contributed by atoms with van der Waals surface area (Å²) in [6.45, 7) is 3.68. The van der Waals surface area contributed by atoms with E-state index in [-0.39, 0.29) is 17.6 Å². The van der Waals surface area contributed by atoms with Gasteiger partial charge >= 0.3 is 0 Å². The number of hydrogen-bond donors (Lipinski definition) is 1. The van der Waals surface area contributed by atoms with Gasteiger partial charge < -0.3 is 10.2 Å². The van der Waals surface area contributed by atoms with E-state index in [1.54, 1.807) is 4.90 Å². The van der Waals surface area contributed by atoms with Gasteiger partial charge in [-0.1, -0.05) is 6.92 Å². The van der Waals surface area contributed by atoms with E-state index in [0.29, 0.717) is 26.1 Å². The smallest absolute Gasteiger partial charge is 0.227 e. The molecule has 1 amide bonds. The summed E-state index contributed by atoms with van der Waals surface area (Å²) in [7, 11) is -3.12. The van der Waals surface area contributed by atoms with E-state index in [0.717, 1.165) is 12.8 Å². The summed E-state index contributed by atoms with van der Waals surface area (Å²) in [6, 6.07) is 0. The van der Waals surface area contributed by atoms with E-state index < -0.39 is 15.2 Å². The van der Waals surface area contributed by atoms with Crippen molar-refractivity contribution in [2.75, 3.05) is 25.4 Å². The molecule has 2 heterocycles. The number of nitrogens with zero attached hydrogens (tertiary/aromatic N) is 1. The van der Waals surface area contributed by atoms with Gasteiger partial charge in [0.1, 0.15) is 5.37 Å². The number of amides is 1. The van der Waals surface area contributed by atoms with Crippen LogP contribution in [0.1, 0.15) is 26.2 Å². The van der Waals surface area contributed by atoms with Crippen molar-refractivity contribution in [1.82, 2.24) is 10.2 Å². The molecule has 0 bridgehead atoms. The molecule has 2 rings (SSSR count). The summed E-state index contributed by atoms with van der Waals surface area (Å²) in [4.78, 5) is 13.7. The third-order valence-electron chi connectivity index (χ3n) is 3.58. The first kappa shape index (κ1) is 12.8. The van der Waals surface area contributed by atoms with Crippen molar-refractivity contribution in [3.05, 3.63) is 0 Å². The van der Waals surface area contributed by atoms with E-state index in [4.69, 9.17) is 0 Å². The summed E-state index contributed by atoms with van der Waals surface area (Å²) >= 11 is 0. The van der Waals surface area contributed by atoms with Crippen molar-refractivity contribution in [2.24, 2.45) is 5.92 Å². The fraction of sp³-hybridized carbons (Fsp3) is 0.909. The minimum atomic E-state index is -3.12.